The van der Waals surface area contributed by atoms with Crippen LogP contribution in [0.25, 0.3) is 0 Å². The highest BCUT2D eigenvalue weighted by molar-refractivity contribution is 5.84. The molecule has 0 saturated heterocycles. The van der Waals surface area contributed by atoms with Crippen LogP contribution in [0, 0.1) is 12.8 Å². The molecule has 1 unspecified atom stereocenters. The molecular weight excluding hydrogens is 176 g/mol. The molecule has 2 N–H and O–H groups in total. The molecule has 1 aliphatic carbocycles. The normalized spacial score (nSPS) is 19.1. The fourth-order valence-electron chi connectivity index (χ4n) is 1.70. The van der Waals surface area contributed by atoms with E-state index in [0.717, 1.165) is 11.3 Å². The van der Waals surface area contributed by atoms with Gasteiger partial charge in [-0.05, 0) is 24.5 Å². The largest absolute Gasteiger partial charge is 0.322 e. The number of carbonyl (C=O) groups is 1. The van der Waals surface area contributed by atoms with Crippen molar-refractivity contribution in [3.05, 3.63) is 29.6 Å². The summed E-state index contributed by atoms with van der Waals surface area (Å²) in [6.07, 6.45) is 3.06. The first-order valence-corrected chi connectivity index (χ1v) is 4.86. The Morgan fingerprint density at radius 2 is 2.21 bits per heavy atom. The van der Waals surface area contributed by atoms with Crippen LogP contribution in [-0.2, 0) is 4.79 Å². The maximum atomic E-state index is 10.8. The number of nitrogens with zero attached hydrogens (tertiary/aromatic N) is 1. The van der Waals surface area contributed by atoms with Crippen LogP contribution < -0.4 is 5.73 Å². The van der Waals surface area contributed by atoms with E-state index in [9.17, 15) is 4.79 Å². The number of carbonyl (C=O) groups excluding carboxylic acids is 1. The minimum absolute atomic E-state index is 0.0756. The molecule has 14 heavy (non-hydrogen) atoms. The Labute approximate surface area is 83.3 Å². The summed E-state index contributed by atoms with van der Waals surface area (Å²) in [5.74, 6) is 0.621. The SMILES string of the molecule is Cc1ccc(C(N)C2CC(=O)C2)nc1. The van der Waals surface area contributed by atoms with E-state index in [1.54, 1.807) is 0 Å². The Bertz CT molecular complexity index is 337. The Balaban J connectivity index is 2.07. The van der Waals surface area contributed by atoms with Crippen molar-refractivity contribution in [3.63, 3.8) is 0 Å². The zero-order chi connectivity index (χ0) is 10.1. The van der Waals surface area contributed by atoms with E-state index in [1.807, 2.05) is 25.3 Å². The van der Waals surface area contributed by atoms with Crippen LogP contribution in [0.5, 0.6) is 0 Å². The number of hydrogen-bond acceptors (Lipinski definition) is 3. The zero-order valence-corrected chi connectivity index (χ0v) is 8.23. The van der Waals surface area contributed by atoms with E-state index in [2.05, 4.69) is 4.98 Å². The van der Waals surface area contributed by atoms with Crippen LogP contribution in [0.3, 0.4) is 0 Å². The van der Waals surface area contributed by atoms with E-state index in [-0.39, 0.29) is 6.04 Å². The molecular formula is C11H14N2O. The molecule has 74 valence electrons. The van der Waals surface area contributed by atoms with Gasteiger partial charge in [0.05, 0.1) is 11.7 Å². The van der Waals surface area contributed by atoms with Crippen molar-refractivity contribution >= 4 is 5.78 Å². The molecule has 0 amide bonds. The molecule has 1 heterocycles. The first kappa shape index (κ1) is 9.34. The maximum Gasteiger partial charge on any atom is 0.133 e. The van der Waals surface area contributed by atoms with Crippen LogP contribution in [0.1, 0.15) is 30.1 Å². The number of hydrogen-bond donors (Lipinski definition) is 1. The molecule has 1 aromatic rings. The first-order chi connectivity index (χ1) is 6.66. The summed E-state index contributed by atoms with van der Waals surface area (Å²) in [7, 11) is 0. The highest BCUT2D eigenvalue weighted by Gasteiger charge is 2.32. The molecule has 3 nitrogen and oxygen atoms in total. The van der Waals surface area contributed by atoms with Gasteiger partial charge in [0.2, 0.25) is 0 Å². The van der Waals surface area contributed by atoms with Gasteiger partial charge in [-0.2, -0.15) is 0 Å². The van der Waals surface area contributed by atoms with Gasteiger partial charge in [-0.1, -0.05) is 6.07 Å². The molecule has 0 aliphatic heterocycles. The van der Waals surface area contributed by atoms with Gasteiger partial charge < -0.3 is 5.73 Å². The lowest BCUT2D eigenvalue weighted by Crippen LogP contribution is -2.33. The third-order valence-electron chi connectivity index (χ3n) is 2.76. The van der Waals surface area contributed by atoms with Crippen LogP contribution in [0.2, 0.25) is 0 Å². The van der Waals surface area contributed by atoms with E-state index in [1.165, 1.54) is 0 Å². The summed E-state index contributed by atoms with van der Waals surface area (Å²) in [6.45, 7) is 2.00. The molecule has 1 atom stereocenters. The third-order valence-corrected chi connectivity index (χ3v) is 2.76. The lowest BCUT2D eigenvalue weighted by atomic mass is 9.78. The summed E-state index contributed by atoms with van der Waals surface area (Å²) < 4.78 is 0. The van der Waals surface area contributed by atoms with Gasteiger partial charge in [0, 0.05) is 19.0 Å². The monoisotopic (exact) mass is 190 g/mol. The number of Topliss-reactive ketones (excluding diaryl/α,β-unsaturated/α-hetero) is 1. The molecule has 1 fully saturated rings. The van der Waals surface area contributed by atoms with Gasteiger partial charge in [0.15, 0.2) is 0 Å². The predicted octanol–water partition coefficient (Wildman–Crippen LogP) is 1.37. The molecule has 0 aromatic carbocycles. The van der Waals surface area contributed by atoms with Gasteiger partial charge in [-0.15, -0.1) is 0 Å². The summed E-state index contributed by atoms with van der Waals surface area (Å²) in [5, 5.41) is 0. The highest BCUT2D eigenvalue weighted by atomic mass is 16.1. The number of aromatic nitrogens is 1. The summed E-state index contributed by atoms with van der Waals surface area (Å²) in [6, 6.07) is 3.87. The van der Waals surface area contributed by atoms with Crippen molar-refractivity contribution in [3.8, 4) is 0 Å². The van der Waals surface area contributed by atoms with Gasteiger partial charge in [0.1, 0.15) is 5.78 Å². The van der Waals surface area contributed by atoms with Gasteiger partial charge in [-0.3, -0.25) is 9.78 Å². The topological polar surface area (TPSA) is 56.0 Å². The van der Waals surface area contributed by atoms with Crippen molar-refractivity contribution < 1.29 is 4.79 Å². The number of pyridine rings is 1. The number of ketones is 1. The molecule has 2 rings (SSSR count). The minimum atomic E-state index is -0.0756. The van der Waals surface area contributed by atoms with Crippen LogP contribution in [-0.4, -0.2) is 10.8 Å². The predicted molar refractivity (Wildman–Crippen MR) is 53.6 cm³/mol. The van der Waals surface area contributed by atoms with Crippen molar-refractivity contribution in [2.24, 2.45) is 11.7 Å². The lowest BCUT2D eigenvalue weighted by Gasteiger charge is -2.29. The Hall–Kier alpha value is -1.22. The minimum Gasteiger partial charge on any atom is -0.322 e. The van der Waals surface area contributed by atoms with E-state index >= 15 is 0 Å². The molecule has 0 spiro atoms. The zero-order valence-electron chi connectivity index (χ0n) is 8.23. The van der Waals surface area contributed by atoms with E-state index < -0.39 is 0 Å². The first-order valence-electron chi connectivity index (χ1n) is 4.86. The van der Waals surface area contributed by atoms with Gasteiger partial charge in [0.25, 0.3) is 0 Å². The molecule has 3 heteroatoms. The van der Waals surface area contributed by atoms with E-state index in [4.69, 9.17) is 5.73 Å². The quantitative estimate of drug-likeness (QED) is 0.766. The average Bonchev–Trinajstić information content (AvgIpc) is 2.13. The second kappa shape index (κ2) is 3.50. The van der Waals surface area contributed by atoms with Crippen molar-refractivity contribution in [1.29, 1.82) is 0 Å². The molecule has 1 saturated carbocycles. The second-order valence-corrected chi connectivity index (χ2v) is 3.99. The Kier molecular flexibility index (Phi) is 2.33. The van der Waals surface area contributed by atoms with Crippen molar-refractivity contribution in [1.82, 2.24) is 4.98 Å². The fraction of sp³-hybridized carbons (Fsp3) is 0.455. The summed E-state index contributed by atoms with van der Waals surface area (Å²) >= 11 is 0. The molecule has 1 aliphatic rings. The highest BCUT2D eigenvalue weighted by Crippen LogP contribution is 2.32. The van der Waals surface area contributed by atoms with E-state index in [0.29, 0.717) is 24.5 Å². The van der Waals surface area contributed by atoms with Crippen LogP contribution in [0.15, 0.2) is 18.3 Å². The lowest BCUT2D eigenvalue weighted by molar-refractivity contribution is -0.127. The Morgan fingerprint density at radius 3 is 2.71 bits per heavy atom. The van der Waals surface area contributed by atoms with Crippen LogP contribution >= 0.6 is 0 Å². The number of nitrogens with two attached hydrogens (primary N) is 1. The molecule has 1 aromatic heterocycles. The molecule has 0 bridgehead atoms. The standard InChI is InChI=1S/C11H14N2O/c1-7-2-3-10(13-6-7)11(12)8-4-9(14)5-8/h2-3,6,8,11H,4-5,12H2,1H3. The fourth-order valence-corrected chi connectivity index (χ4v) is 1.70. The summed E-state index contributed by atoms with van der Waals surface area (Å²) in [5.41, 5.74) is 8.02. The van der Waals surface area contributed by atoms with Crippen LogP contribution in [0.4, 0.5) is 0 Å². The van der Waals surface area contributed by atoms with Crippen molar-refractivity contribution in [2.75, 3.05) is 0 Å². The summed E-state index contributed by atoms with van der Waals surface area (Å²) in [4.78, 5) is 15.1. The smallest absolute Gasteiger partial charge is 0.133 e. The average molecular weight is 190 g/mol. The second-order valence-electron chi connectivity index (χ2n) is 3.99. The number of rotatable bonds is 2. The Morgan fingerprint density at radius 1 is 1.50 bits per heavy atom. The third kappa shape index (κ3) is 1.68. The van der Waals surface area contributed by atoms with Crippen molar-refractivity contribution in [2.45, 2.75) is 25.8 Å². The van der Waals surface area contributed by atoms with Gasteiger partial charge >= 0.3 is 0 Å². The maximum absolute atomic E-state index is 10.8. The molecule has 0 radical (unpaired) electrons. The number of aryl methyl sites for hydroxylation is 1. The van der Waals surface area contributed by atoms with Gasteiger partial charge in [-0.25, -0.2) is 0 Å².